The second kappa shape index (κ2) is 8.90. The number of aromatic nitrogens is 2. The van der Waals surface area contributed by atoms with Crippen molar-refractivity contribution in [1.82, 2.24) is 10.1 Å². The summed E-state index contributed by atoms with van der Waals surface area (Å²) in [5, 5.41) is 7.02. The highest BCUT2D eigenvalue weighted by Gasteiger charge is 2.15. The molecule has 0 fully saturated rings. The van der Waals surface area contributed by atoms with E-state index in [-0.39, 0.29) is 30.2 Å². The van der Waals surface area contributed by atoms with Crippen molar-refractivity contribution in [2.75, 3.05) is 18.2 Å². The molecule has 0 saturated heterocycles. The Morgan fingerprint density at radius 1 is 1.25 bits per heavy atom. The van der Waals surface area contributed by atoms with Gasteiger partial charge in [0.1, 0.15) is 0 Å². The molecule has 0 unspecified atom stereocenters. The zero-order valence-corrected chi connectivity index (χ0v) is 16.6. The van der Waals surface area contributed by atoms with Gasteiger partial charge >= 0.3 is 6.08 Å². The van der Waals surface area contributed by atoms with Crippen LogP contribution in [0.3, 0.4) is 0 Å². The normalized spacial score (nSPS) is 10.5. The van der Waals surface area contributed by atoms with Crippen molar-refractivity contribution in [2.45, 2.75) is 11.8 Å². The Balaban J connectivity index is 1.68. The fourth-order valence-corrected chi connectivity index (χ4v) is 3.19. The number of carbonyl (C=O) groups is 2. The number of hydrogen-bond donors (Lipinski definition) is 1. The van der Waals surface area contributed by atoms with Gasteiger partial charge in [-0.3, -0.25) is 14.1 Å². The summed E-state index contributed by atoms with van der Waals surface area (Å²) in [5.74, 6) is -0.164. The van der Waals surface area contributed by atoms with Crippen LogP contribution in [0, 0.1) is 0 Å². The van der Waals surface area contributed by atoms with Gasteiger partial charge in [0.15, 0.2) is 12.4 Å². The molecule has 144 valence electrons. The summed E-state index contributed by atoms with van der Waals surface area (Å²) in [7, 11) is 0. The molecule has 0 aliphatic carbocycles. The van der Waals surface area contributed by atoms with Gasteiger partial charge in [-0.25, -0.2) is 0 Å². The van der Waals surface area contributed by atoms with Crippen LogP contribution in [-0.2, 0) is 4.79 Å². The SMILES string of the molecule is CSc1cc(C(=O)COc2nc(-c3ccccc3Cl)no2)ccc1NC(C)=O. The Morgan fingerprint density at radius 3 is 2.75 bits per heavy atom. The van der Waals surface area contributed by atoms with Crippen molar-refractivity contribution in [3.8, 4) is 17.5 Å². The van der Waals surface area contributed by atoms with Gasteiger partial charge in [0, 0.05) is 22.9 Å². The Kier molecular flexibility index (Phi) is 6.33. The van der Waals surface area contributed by atoms with Crippen LogP contribution < -0.4 is 10.1 Å². The lowest BCUT2D eigenvalue weighted by Crippen LogP contribution is -2.13. The summed E-state index contributed by atoms with van der Waals surface area (Å²) in [6, 6.07) is 12.1. The van der Waals surface area contributed by atoms with Crippen LogP contribution in [0.15, 0.2) is 51.9 Å². The van der Waals surface area contributed by atoms with Gasteiger partial charge in [-0.15, -0.1) is 11.8 Å². The third kappa shape index (κ3) is 4.71. The van der Waals surface area contributed by atoms with Crippen LogP contribution in [0.2, 0.25) is 5.02 Å². The van der Waals surface area contributed by atoms with Crippen LogP contribution in [0.4, 0.5) is 5.69 Å². The van der Waals surface area contributed by atoms with Gasteiger partial charge in [0.05, 0.1) is 10.7 Å². The number of ether oxygens (including phenoxy) is 1. The largest absolute Gasteiger partial charge is 0.440 e. The molecule has 1 heterocycles. The molecule has 0 atom stereocenters. The molecule has 0 spiro atoms. The minimum absolute atomic E-state index is 0.122. The Labute approximate surface area is 170 Å². The third-order valence-electron chi connectivity index (χ3n) is 3.68. The maximum atomic E-state index is 12.4. The molecular formula is C19H16ClN3O4S. The molecule has 1 amide bonds. The van der Waals surface area contributed by atoms with Gasteiger partial charge in [0.25, 0.3) is 0 Å². The van der Waals surface area contributed by atoms with E-state index in [9.17, 15) is 9.59 Å². The van der Waals surface area contributed by atoms with Crippen molar-refractivity contribution >= 4 is 40.7 Å². The molecule has 0 bridgehead atoms. The fourth-order valence-electron chi connectivity index (χ4n) is 2.39. The van der Waals surface area contributed by atoms with Gasteiger partial charge < -0.3 is 10.1 Å². The molecular weight excluding hydrogens is 402 g/mol. The number of rotatable bonds is 7. The summed E-state index contributed by atoms with van der Waals surface area (Å²) < 4.78 is 10.3. The van der Waals surface area contributed by atoms with E-state index in [2.05, 4.69) is 15.5 Å². The summed E-state index contributed by atoms with van der Waals surface area (Å²) in [6.07, 6.45) is 1.74. The molecule has 2 aromatic carbocycles. The predicted octanol–water partition coefficient (Wildman–Crippen LogP) is 4.33. The molecule has 7 nitrogen and oxygen atoms in total. The van der Waals surface area contributed by atoms with Gasteiger partial charge in [0.2, 0.25) is 11.7 Å². The summed E-state index contributed by atoms with van der Waals surface area (Å²) in [4.78, 5) is 28.5. The molecule has 3 rings (SSSR count). The molecule has 1 N–H and O–H groups in total. The maximum absolute atomic E-state index is 12.4. The molecule has 9 heteroatoms. The van der Waals surface area contributed by atoms with E-state index >= 15 is 0 Å². The van der Waals surface area contributed by atoms with Crippen LogP contribution in [0.25, 0.3) is 11.4 Å². The average molecular weight is 418 g/mol. The van der Waals surface area contributed by atoms with Crippen LogP contribution in [0.5, 0.6) is 6.08 Å². The maximum Gasteiger partial charge on any atom is 0.418 e. The zero-order valence-electron chi connectivity index (χ0n) is 15.1. The standard InChI is InChI=1S/C19H16ClN3O4S/c1-11(24)21-15-8-7-12(9-17(15)28-2)16(25)10-26-19-22-18(23-27-19)13-5-3-4-6-14(13)20/h3-9H,10H2,1-2H3,(H,21,24). The second-order valence-corrected chi connectivity index (χ2v) is 6.93. The monoisotopic (exact) mass is 417 g/mol. The summed E-state index contributed by atoms with van der Waals surface area (Å²) >= 11 is 7.53. The molecule has 0 radical (unpaired) electrons. The number of hydrogen-bond acceptors (Lipinski definition) is 7. The number of thioether (sulfide) groups is 1. The number of amides is 1. The van der Waals surface area contributed by atoms with E-state index in [0.29, 0.717) is 21.8 Å². The number of halogens is 1. The third-order valence-corrected chi connectivity index (χ3v) is 4.79. The van der Waals surface area contributed by atoms with E-state index in [1.54, 1.807) is 42.5 Å². The first-order valence-corrected chi connectivity index (χ1v) is 9.78. The highest BCUT2D eigenvalue weighted by molar-refractivity contribution is 7.98. The first kappa shape index (κ1) is 19.9. The number of anilines is 1. The first-order valence-electron chi connectivity index (χ1n) is 8.18. The summed E-state index contributed by atoms with van der Waals surface area (Å²) in [5.41, 5.74) is 1.70. The lowest BCUT2D eigenvalue weighted by Gasteiger charge is -2.09. The second-order valence-electron chi connectivity index (χ2n) is 5.67. The van der Waals surface area contributed by atoms with E-state index in [0.717, 1.165) is 4.90 Å². The first-order chi connectivity index (χ1) is 13.5. The number of nitrogens with zero attached hydrogens (tertiary/aromatic N) is 2. The number of carbonyl (C=O) groups excluding carboxylic acids is 2. The highest BCUT2D eigenvalue weighted by atomic mass is 35.5. The number of ketones is 1. The predicted molar refractivity (Wildman–Crippen MR) is 107 cm³/mol. The van der Waals surface area contributed by atoms with E-state index < -0.39 is 0 Å². The van der Waals surface area contributed by atoms with E-state index in [1.165, 1.54) is 18.7 Å². The highest BCUT2D eigenvalue weighted by Crippen LogP contribution is 2.28. The number of nitrogens with one attached hydrogen (secondary N) is 1. The van der Waals surface area contributed by atoms with Crippen LogP contribution in [-0.4, -0.2) is 34.7 Å². The van der Waals surface area contributed by atoms with Crippen molar-refractivity contribution in [3.05, 3.63) is 53.1 Å². The van der Waals surface area contributed by atoms with Crippen molar-refractivity contribution in [3.63, 3.8) is 0 Å². The zero-order chi connectivity index (χ0) is 20.1. The van der Waals surface area contributed by atoms with Gasteiger partial charge in [-0.05, 0) is 36.6 Å². The average Bonchev–Trinajstić information content (AvgIpc) is 3.15. The van der Waals surface area contributed by atoms with Crippen molar-refractivity contribution in [1.29, 1.82) is 0 Å². The summed E-state index contributed by atoms with van der Waals surface area (Å²) in [6.45, 7) is 1.16. The van der Waals surface area contributed by atoms with Crippen molar-refractivity contribution in [2.24, 2.45) is 0 Å². The van der Waals surface area contributed by atoms with Crippen molar-refractivity contribution < 1.29 is 18.8 Å². The minimum Gasteiger partial charge on any atom is -0.440 e. The number of benzene rings is 2. The molecule has 28 heavy (non-hydrogen) atoms. The minimum atomic E-state index is -0.266. The Hall–Kier alpha value is -2.84. The van der Waals surface area contributed by atoms with Gasteiger partial charge in [-0.2, -0.15) is 4.98 Å². The fraction of sp³-hybridized carbons (Fsp3) is 0.158. The lowest BCUT2D eigenvalue weighted by molar-refractivity contribution is -0.114. The smallest absolute Gasteiger partial charge is 0.418 e. The van der Waals surface area contributed by atoms with E-state index in [4.69, 9.17) is 20.9 Å². The number of Topliss-reactive ketones (excluding diaryl/α,β-unsaturated/α-hetero) is 1. The van der Waals surface area contributed by atoms with Gasteiger partial charge in [-0.1, -0.05) is 28.9 Å². The van der Waals surface area contributed by atoms with Crippen LogP contribution in [0.1, 0.15) is 17.3 Å². The Bertz CT molecular complexity index is 1020. The quantitative estimate of drug-likeness (QED) is 0.451. The molecule has 0 aliphatic heterocycles. The Morgan fingerprint density at radius 2 is 2.04 bits per heavy atom. The topological polar surface area (TPSA) is 94.3 Å². The molecule has 3 aromatic rings. The molecule has 1 aromatic heterocycles. The lowest BCUT2D eigenvalue weighted by atomic mass is 10.1. The molecule has 0 aliphatic rings. The van der Waals surface area contributed by atoms with Crippen LogP contribution >= 0.6 is 23.4 Å². The molecule has 0 saturated carbocycles. The van der Waals surface area contributed by atoms with E-state index in [1.807, 2.05) is 6.26 Å².